The lowest BCUT2D eigenvalue weighted by atomic mass is 9.97. The third-order valence-corrected chi connectivity index (χ3v) is 7.05. The normalized spacial score (nSPS) is 15.8. The Labute approximate surface area is 139 Å². The highest BCUT2D eigenvalue weighted by Gasteiger charge is 2.26. The van der Waals surface area contributed by atoms with Crippen molar-refractivity contribution < 1.29 is 17.9 Å². The van der Waals surface area contributed by atoms with Crippen molar-refractivity contribution in [1.29, 1.82) is 0 Å². The Balaban J connectivity index is 1.54. The molecule has 0 saturated carbocycles. The van der Waals surface area contributed by atoms with E-state index in [1.807, 2.05) is 0 Å². The first-order chi connectivity index (χ1) is 11.1. The van der Waals surface area contributed by atoms with Crippen molar-refractivity contribution in [2.45, 2.75) is 23.5 Å². The van der Waals surface area contributed by atoms with Gasteiger partial charge in [-0.1, -0.05) is 6.07 Å². The molecule has 0 unspecified atom stereocenters. The van der Waals surface area contributed by atoms with Crippen LogP contribution in [0.25, 0.3) is 0 Å². The fourth-order valence-corrected chi connectivity index (χ4v) is 5.22. The van der Waals surface area contributed by atoms with Crippen LogP contribution in [0.4, 0.5) is 0 Å². The maximum atomic E-state index is 12.2. The fourth-order valence-electron chi connectivity index (χ4n) is 3.15. The second-order valence-corrected chi connectivity index (χ2v) is 8.54. The molecule has 0 saturated heterocycles. The number of hydrogen-bond acceptors (Lipinski definition) is 5. The average molecular weight is 351 g/mol. The topological polar surface area (TPSA) is 64.6 Å². The summed E-state index contributed by atoms with van der Waals surface area (Å²) < 4.78 is 38.9. The quantitative estimate of drug-likeness (QED) is 0.896. The van der Waals surface area contributed by atoms with Crippen molar-refractivity contribution >= 4 is 21.4 Å². The van der Waals surface area contributed by atoms with Crippen molar-refractivity contribution in [1.82, 2.24) is 4.72 Å². The molecule has 1 N–H and O–H groups in total. The van der Waals surface area contributed by atoms with Crippen LogP contribution in [-0.2, 0) is 29.3 Å². The maximum absolute atomic E-state index is 12.2. The molecular formula is C16H17NO4S2. The van der Waals surface area contributed by atoms with Crippen molar-refractivity contribution in [3.63, 3.8) is 0 Å². The second-order valence-electron chi connectivity index (χ2n) is 5.60. The van der Waals surface area contributed by atoms with Gasteiger partial charge >= 0.3 is 0 Å². The Morgan fingerprint density at radius 3 is 2.91 bits per heavy atom. The van der Waals surface area contributed by atoms with Gasteiger partial charge in [-0.15, -0.1) is 11.3 Å². The molecular weight excluding hydrogens is 334 g/mol. The van der Waals surface area contributed by atoms with E-state index in [9.17, 15) is 8.42 Å². The number of nitrogens with one attached hydrogen (secondary N) is 1. The first-order valence-electron chi connectivity index (χ1n) is 7.61. The number of sulfonamides is 1. The van der Waals surface area contributed by atoms with Gasteiger partial charge in [-0.25, -0.2) is 13.1 Å². The number of thiophene rings is 1. The van der Waals surface area contributed by atoms with Crippen LogP contribution in [0, 0.1) is 0 Å². The van der Waals surface area contributed by atoms with Crippen LogP contribution in [0.3, 0.4) is 0 Å². The molecule has 5 nitrogen and oxygen atoms in total. The minimum Gasteiger partial charge on any atom is -0.493 e. The van der Waals surface area contributed by atoms with Gasteiger partial charge in [-0.3, -0.25) is 0 Å². The SMILES string of the molecule is O=S(=O)(NCCc1c2c(cc3c1OCC3)OCC2)c1cccs1. The van der Waals surface area contributed by atoms with E-state index in [2.05, 4.69) is 10.8 Å². The summed E-state index contributed by atoms with van der Waals surface area (Å²) in [5.74, 6) is 1.87. The van der Waals surface area contributed by atoms with Crippen LogP contribution in [0.5, 0.6) is 11.5 Å². The highest BCUT2D eigenvalue weighted by atomic mass is 32.2. The van der Waals surface area contributed by atoms with E-state index >= 15 is 0 Å². The number of rotatable bonds is 5. The van der Waals surface area contributed by atoms with Crippen molar-refractivity contribution in [2.24, 2.45) is 0 Å². The molecule has 0 spiro atoms. The minimum atomic E-state index is -3.42. The molecule has 2 aliphatic heterocycles. The monoisotopic (exact) mass is 351 g/mol. The molecule has 4 rings (SSSR count). The zero-order valence-corrected chi connectivity index (χ0v) is 14.1. The molecule has 3 heterocycles. The van der Waals surface area contributed by atoms with Gasteiger partial charge in [0.1, 0.15) is 15.7 Å². The molecule has 2 aromatic rings. The standard InChI is InChI=1S/C16H17NO4S2/c18-23(19,15-2-1-9-22-15)17-6-3-13-12-5-8-20-14(12)10-11-4-7-21-16(11)13/h1-2,9-10,17H,3-8H2. The van der Waals surface area contributed by atoms with Crippen LogP contribution in [-0.4, -0.2) is 28.2 Å². The Bertz CT molecular complexity index is 796. The van der Waals surface area contributed by atoms with Crippen LogP contribution in [0.2, 0.25) is 0 Å². The van der Waals surface area contributed by atoms with Gasteiger partial charge in [0.15, 0.2) is 0 Å². The van der Waals surface area contributed by atoms with E-state index in [0.717, 1.165) is 29.9 Å². The molecule has 0 bridgehead atoms. The molecule has 7 heteroatoms. The third-order valence-electron chi connectivity index (χ3n) is 4.19. The van der Waals surface area contributed by atoms with Crippen LogP contribution in [0.1, 0.15) is 16.7 Å². The fraction of sp³-hybridized carbons (Fsp3) is 0.375. The lowest BCUT2D eigenvalue weighted by Gasteiger charge is -2.13. The Morgan fingerprint density at radius 2 is 2.09 bits per heavy atom. The Hall–Kier alpha value is -1.57. The van der Waals surface area contributed by atoms with E-state index in [1.165, 1.54) is 22.5 Å². The van der Waals surface area contributed by atoms with Gasteiger partial charge in [-0.05, 0) is 23.9 Å². The van der Waals surface area contributed by atoms with Gasteiger partial charge in [0.05, 0.1) is 13.2 Å². The number of ether oxygens (including phenoxy) is 2. The number of benzene rings is 1. The van der Waals surface area contributed by atoms with Gasteiger partial charge in [0.25, 0.3) is 0 Å². The Kier molecular flexibility index (Phi) is 3.79. The van der Waals surface area contributed by atoms with Crippen molar-refractivity contribution in [3.05, 3.63) is 40.3 Å². The maximum Gasteiger partial charge on any atom is 0.250 e. The minimum absolute atomic E-state index is 0.348. The molecule has 2 aliphatic rings. The summed E-state index contributed by atoms with van der Waals surface area (Å²) in [7, 11) is -3.42. The van der Waals surface area contributed by atoms with E-state index in [-0.39, 0.29) is 0 Å². The van der Waals surface area contributed by atoms with Gasteiger partial charge in [0, 0.05) is 36.1 Å². The largest absolute Gasteiger partial charge is 0.493 e. The zero-order valence-electron chi connectivity index (χ0n) is 12.5. The molecule has 1 aromatic heterocycles. The third kappa shape index (κ3) is 2.73. The molecule has 122 valence electrons. The van der Waals surface area contributed by atoms with Crippen LogP contribution in [0.15, 0.2) is 27.8 Å². The first kappa shape index (κ1) is 15.0. The highest BCUT2D eigenvalue weighted by Crippen LogP contribution is 2.40. The predicted octanol–water partition coefficient (Wildman–Crippen LogP) is 2.14. The van der Waals surface area contributed by atoms with Crippen LogP contribution >= 0.6 is 11.3 Å². The summed E-state index contributed by atoms with van der Waals surface area (Å²) in [6.45, 7) is 1.73. The smallest absolute Gasteiger partial charge is 0.250 e. The van der Waals surface area contributed by atoms with Gasteiger partial charge in [-0.2, -0.15) is 0 Å². The molecule has 23 heavy (non-hydrogen) atoms. The van der Waals surface area contributed by atoms with Gasteiger partial charge in [0.2, 0.25) is 10.0 Å². The van der Waals surface area contributed by atoms with Gasteiger partial charge < -0.3 is 9.47 Å². The molecule has 0 fully saturated rings. The molecule has 1 aromatic carbocycles. The van der Waals surface area contributed by atoms with E-state index in [1.54, 1.807) is 17.5 Å². The summed E-state index contributed by atoms with van der Waals surface area (Å²) in [6.07, 6.45) is 2.36. The summed E-state index contributed by atoms with van der Waals surface area (Å²) in [5.41, 5.74) is 3.43. The molecule has 0 amide bonds. The Morgan fingerprint density at radius 1 is 1.22 bits per heavy atom. The van der Waals surface area contributed by atoms with Crippen molar-refractivity contribution in [2.75, 3.05) is 19.8 Å². The molecule has 0 aliphatic carbocycles. The predicted molar refractivity (Wildman–Crippen MR) is 88.1 cm³/mol. The van der Waals surface area contributed by atoms with Crippen LogP contribution < -0.4 is 14.2 Å². The lowest BCUT2D eigenvalue weighted by Crippen LogP contribution is -2.25. The molecule has 0 radical (unpaired) electrons. The summed E-state index contributed by atoms with van der Waals surface area (Å²) in [4.78, 5) is 0. The lowest BCUT2D eigenvalue weighted by molar-refractivity contribution is 0.353. The summed E-state index contributed by atoms with van der Waals surface area (Å²) in [5, 5.41) is 1.76. The van der Waals surface area contributed by atoms with E-state index < -0.39 is 10.0 Å². The van der Waals surface area contributed by atoms with E-state index in [4.69, 9.17) is 9.47 Å². The number of hydrogen-bond donors (Lipinski definition) is 1. The highest BCUT2D eigenvalue weighted by molar-refractivity contribution is 7.91. The number of fused-ring (bicyclic) bond motifs is 2. The average Bonchev–Trinajstić information content (AvgIpc) is 3.27. The zero-order chi connectivity index (χ0) is 15.9. The first-order valence-corrected chi connectivity index (χ1v) is 9.98. The second kappa shape index (κ2) is 5.81. The summed E-state index contributed by atoms with van der Waals surface area (Å²) in [6, 6.07) is 5.42. The van der Waals surface area contributed by atoms with Crippen molar-refractivity contribution in [3.8, 4) is 11.5 Å². The summed E-state index contributed by atoms with van der Waals surface area (Å²) >= 11 is 1.22. The van der Waals surface area contributed by atoms with E-state index in [0.29, 0.717) is 30.4 Å². The molecule has 0 atom stereocenters.